The molecule has 1 fully saturated rings. The average molecular weight is 638 g/mol. The number of carbonyl (C=O) groups is 3. The predicted octanol–water partition coefficient (Wildman–Crippen LogP) is 9.54. The molecule has 0 aromatic heterocycles. The van der Waals surface area contributed by atoms with Crippen molar-refractivity contribution in [2.45, 2.75) is 117 Å². The molecule has 254 valence electrons. The van der Waals surface area contributed by atoms with Gasteiger partial charge in [0.1, 0.15) is 17.2 Å². The Balaban J connectivity index is 1.30. The first-order valence-electron chi connectivity index (χ1n) is 17.7. The number of esters is 2. The molecule has 3 rings (SSSR count). The molecule has 1 amide bonds. The Morgan fingerprint density at radius 3 is 1.67 bits per heavy atom. The van der Waals surface area contributed by atoms with Crippen molar-refractivity contribution in [3.8, 4) is 17.2 Å². The smallest absolute Gasteiger partial charge is 0.415 e. The van der Waals surface area contributed by atoms with E-state index in [9.17, 15) is 14.4 Å². The normalized spacial score (nSPS) is 13.3. The van der Waals surface area contributed by atoms with E-state index in [1.807, 2.05) is 0 Å². The van der Waals surface area contributed by atoms with Crippen molar-refractivity contribution < 1.29 is 33.3 Å². The van der Waals surface area contributed by atoms with Gasteiger partial charge in [0.2, 0.25) is 0 Å². The number of likely N-dealkylation sites (tertiary alicyclic amines) is 1. The lowest BCUT2D eigenvalue weighted by molar-refractivity contribution is -0.150. The third-order valence-electron chi connectivity index (χ3n) is 8.42. The van der Waals surface area contributed by atoms with Crippen molar-refractivity contribution in [2.24, 2.45) is 5.92 Å². The van der Waals surface area contributed by atoms with E-state index in [0.717, 1.165) is 25.0 Å². The van der Waals surface area contributed by atoms with Gasteiger partial charge in [0.05, 0.1) is 24.7 Å². The van der Waals surface area contributed by atoms with E-state index >= 15 is 0 Å². The summed E-state index contributed by atoms with van der Waals surface area (Å²) < 4.78 is 22.3. The maximum Gasteiger partial charge on any atom is 0.415 e. The van der Waals surface area contributed by atoms with Crippen molar-refractivity contribution in [1.82, 2.24) is 4.90 Å². The minimum Gasteiger partial charge on any atom is -0.494 e. The molecular weight excluding hydrogens is 582 g/mol. The average Bonchev–Trinajstić information content (AvgIpc) is 3.08. The first kappa shape index (κ1) is 36.9. The fourth-order valence-corrected chi connectivity index (χ4v) is 5.49. The lowest BCUT2D eigenvalue weighted by atomic mass is 9.97. The molecule has 0 aliphatic carbocycles. The molecule has 1 heterocycles. The van der Waals surface area contributed by atoms with Gasteiger partial charge in [0.25, 0.3) is 0 Å². The topological polar surface area (TPSA) is 91.4 Å². The highest BCUT2D eigenvalue weighted by molar-refractivity contribution is 5.91. The van der Waals surface area contributed by atoms with Gasteiger partial charge in [-0.2, -0.15) is 0 Å². The standard InChI is InChI=1S/C38H55NO7/c1-3-5-7-9-11-12-14-15-29-43-33-21-23-34(24-22-33)45-37(41)31-17-19-35(20-18-31)46-38(42)39-27-25-32(26-28-39)36(40)44-30-16-13-10-8-6-4-2/h17-24,32H,3-16,25-30H2,1-2H3. The number of ether oxygens (including phenoxy) is 4. The van der Waals surface area contributed by atoms with E-state index in [1.165, 1.54) is 70.6 Å². The van der Waals surface area contributed by atoms with E-state index in [2.05, 4.69) is 13.8 Å². The molecule has 0 spiro atoms. The van der Waals surface area contributed by atoms with Crippen LogP contribution in [-0.4, -0.2) is 49.2 Å². The summed E-state index contributed by atoms with van der Waals surface area (Å²) in [6.07, 6.45) is 17.6. The molecule has 0 N–H and O–H groups in total. The largest absolute Gasteiger partial charge is 0.494 e. The summed E-state index contributed by atoms with van der Waals surface area (Å²) in [7, 11) is 0. The Labute approximate surface area is 276 Å². The molecule has 0 bridgehead atoms. The Morgan fingerprint density at radius 1 is 0.609 bits per heavy atom. The van der Waals surface area contributed by atoms with Crippen LogP contribution in [0.4, 0.5) is 4.79 Å². The molecule has 8 nitrogen and oxygen atoms in total. The number of hydrogen-bond donors (Lipinski definition) is 0. The van der Waals surface area contributed by atoms with Crippen LogP contribution in [0.1, 0.15) is 127 Å². The third kappa shape index (κ3) is 14.3. The summed E-state index contributed by atoms with van der Waals surface area (Å²) in [6.45, 7) is 6.45. The van der Waals surface area contributed by atoms with Gasteiger partial charge in [0.15, 0.2) is 0 Å². The van der Waals surface area contributed by atoms with Gasteiger partial charge in [-0.15, -0.1) is 0 Å². The molecule has 0 radical (unpaired) electrons. The number of carbonyl (C=O) groups excluding carboxylic acids is 3. The molecular formula is C38H55NO7. The van der Waals surface area contributed by atoms with Crippen LogP contribution in [0.25, 0.3) is 0 Å². The monoisotopic (exact) mass is 637 g/mol. The quantitative estimate of drug-likeness (QED) is 0.0765. The van der Waals surface area contributed by atoms with Gasteiger partial charge >= 0.3 is 18.0 Å². The summed E-state index contributed by atoms with van der Waals surface area (Å²) in [5.41, 5.74) is 0.343. The highest BCUT2D eigenvalue weighted by atomic mass is 16.6. The third-order valence-corrected chi connectivity index (χ3v) is 8.42. The second kappa shape index (κ2) is 22.1. The first-order valence-corrected chi connectivity index (χ1v) is 17.7. The summed E-state index contributed by atoms with van der Waals surface area (Å²) >= 11 is 0. The summed E-state index contributed by atoms with van der Waals surface area (Å²) in [5.74, 6) is 0.660. The molecule has 1 saturated heterocycles. The first-order chi connectivity index (χ1) is 22.5. The second-order valence-electron chi connectivity index (χ2n) is 12.3. The fraction of sp³-hybridized carbons (Fsp3) is 0.605. The second-order valence-corrected chi connectivity index (χ2v) is 12.3. The highest BCUT2D eigenvalue weighted by Gasteiger charge is 2.29. The van der Waals surface area contributed by atoms with Crippen LogP contribution in [0.3, 0.4) is 0 Å². The predicted molar refractivity (Wildman–Crippen MR) is 181 cm³/mol. The lowest BCUT2D eigenvalue weighted by Crippen LogP contribution is -2.42. The molecule has 1 aliphatic heterocycles. The molecule has 0 unspecified atom stereocenters. The lowest BCUT2D eigenvalue weighted by Gasteiger charge is -2.30. The molecule has 46 heavy (non-hydrogen) atoms. The van der Waals surface area contributed by atoms with Gasteiger partial charge in [-0.05, 0) is 74.2 Å². The Hall–Kier alpha value is -3.55. The fourth-order valence-electron chi connectivity index (χ4n) is 5.49. The maximum atomic E-state index is 12.7. The molecule has 2 aromatic carbocycles. The van der Waals surface area contributed by atoms with Crippen molar-refractivity contribution in [3.05, 3.63) is 54.1 Å². The van der Waals surface area contributed by atoms with Crippen molar-refractivity contribution >= 4 is 18.0 Å². The van der Waals surface area contributed by atoms with Crippen LogP contribution in [-0.2, 0) is 9.53 Å². The van der Waals surface area contributed by atoms with Crippen molar-refractivity contribution in [2.75, 3.05) is 26.3 Å². The molecule has 2 aromatic rings. The molecule has 0 atom stereocenters. The number of nitrogens with zero attached hydrogens (tertiary/aromatic N) is 1. The number of unbranched alkanes of at least 4 members (excludes halogenated alkanes) is 12. The number of benzene rings is 2. The van der Waals surface area contributed by atoms with Crippen molar-refractivity contribution in [1.29, 1.82) is 0 Å². The summed E-state index contributed by atoms with van der Waals surface area (Å²) in [6, 6.07) is 13.3. The van der Waals surface area contributed by atoms with Crippen LogP contribution in [0, 0.1) is 5.92 Å². The van der Waals surface area contributed by atoms with Crippen LogP contribution in [0.5, 0.6) is 17.2 Å². The van der Waals surface area contributed by atoms with E-state index in [4.69, 9.17) is 18.9 Å². The molecule has 8 heteroatoms. The zero-order valence-corrected chi connectivity index (χ0v) is 28.1. The Kier molecular flexibility index (Phi) is 17.7. The van der Waals surface area contributed by atoms with Crippen LogP contribution >= 0.6 is 0 Å². The van der Waals surface area contributed by atoms with Gasteiger partial charge in [-0.3, -0.25) is 4.79 Å². The summed E-state index contributed by atoms with van der Waals surface area (Å²) in [4.78, 5) is 39.4. The van der Waals surface area contributed by atoms with Crippen LogP contribution in [0.2, 0.25) is 0 Å². The molecule has 0 saturated carbocycles. The van der Waals surface area contributed by atoms with Gasteiger partial charge in [-0.25, -0.2) is 9.59 Å². The van der Waals surface area contributed by atoms with Crippen LogP contribution < -0.4 is 14.2 Å². The van der Waals surface area contributed by atoms with E-state index in [-0.39, 0.29) is 11.9 Å². The summed E-state index contributed by atoms with van der Waals surface area (Å²) in [5, 5.41) is 0. The van der Waals surface area contributed by atoms with Gasteiger partial charge in [-0.1, -0.05) is 90.9 Å². The SMILES string of the molecule is CCCCCCCCCCOc1ccc(OC(=O)c2ccc(OC(=O)N3CCC(C(=O)OCCCCCCCC)CC3)cc2)cc1. The van der Waals surface area contributed by atoms with Crippen LogP contribution in [0.15, 0.2) is 48.5 Å². The van der Waals surface area contributed by atoms with Crippen molar-refractivity contribution in [3.63, 3.8) is 0 Å². The minimum atomic E-state index is -0.504. The number of piperidine rings is 1. The minimum absolute atomic E-state index is 0.164. The number of hydrogen-bond acceptors (Lipinski definition) is 7. The van der Waals surface area contributed by atoms with E-state index in [0.29, 0.717) is 56.2 Å². The van der Waals surface area contributed by atoms with Gasteiger partial charge in [0, 0.05) is 13.1 Å². The van der Waals surface area contributed by atoms with Gasteiger partial charge < -0.3 is 23.8 Å². The maximum absolute atomic E-state index is 12.7. The molecule has 1 aliphatic rings. The zero-order chi connectivity index (χ0) is 32.8. The highest BCUT2D eigenvalue weighted by Crippen LogP contribution is 2.23. The van der Waals surface area contributed by atoms with E-state index < -0.39 is 12.1 Å². The van der Waals surface area contributed by atoms with E-state index in [1.54, 1.807) is 53.4 Å². The Morgan fingerprint density at radius 2 is 1.09 bits per heavy atom. The number of rotatable bonds is 21. The Bertz CT molecular complexity index is 1140. The number of amides is 1. The zero-order valence-electron chi connectivity index (χ0n) is 28.1.